The molecule has 6 nitrogen and oxygen atoms in total. The van der Waals surface area contributed by atoms with Gasteiger partial charge in [0, 0.05) is 6.61 Å². The fraction of sp³-hybridized carbons (Fsp3) is 0.794. The molecule has 0 spiro atoms. The molecular weight excluding hydrogens is 500 g/mol. The van der Waals surface area contributed by atoms with E-state index in [4.69, 9.17) is 14.2 Å². The molecule has 40 heavy (non-hydrogen) atoms. The van der Waals surface area contributed by atoms with Gasteiger partial charge in [0.25, 0.3) is 0 Å². The highest BCUT2D eigenvalue weighted by Crippen LogP contribution is 2.14. The maximum absolute atomic E-state index is 12.1. The molecule has 0 saturated heterocycles. The number of carbonyl (C=O) groups excluding carboxylic acids is 1. The normalized spacial score (nSPS) is 12.4. The quantitative estimate of drug-likeness (QED) is 0.0864. The number of alkyl carbamates (subject to hydrolysis) is 1. The van der Waals surface area contributed by atoms with Gasteiger partial charge in [-0.3, -0.25) is 0 Å². The van der Waals surface area contributed by atoms with E-state index in [1.54, 1.807) is 0 Å². The van der Waals surface area contributed by atoms with Crippen LogP contribution >= 0.6 is 0 Å². The summed E-state index contributed by atoms with van der Waals surface area (Å²) in [5.74, 6) is 0. The molecule has 232 valence electrons. The first-order chi connectivity index (χ1) is 19.4. The monoisotopic (exact) mass is 563 g/mol. The zero-order chi connectivity index (χ0) is 29.2. The maximum atomic E-state index is 12.1. The Morgan fingerprint density at radius 1 is 0.750 bits per heavy atom. The van der Waals surface area contributed by atoms with Crippen LogP contribution in [0.25, 0.3) is 0 Å². The summed E-state index contributed by atoms with van der Waals surface area (Å²) in [6, 6.07) is 10.1. The Labute approximate surface area is 247 Å². The second-order valence-electron chi connectivity index (χ2n) is 12.3. The van der Waals surface area contributed by atoms with Crippen molar-refractivity contribution in [3.63, 3.8) is 0 Å². The first kappa shape index (κ1) is 36.4. The minimum Gasteiger partial charge on any atom is -0.447 e. The Balaban J connectivity index is 2.07. The van der Waals surface area contributed by atoms with E-state index >= 15 is 0 Å². The number of likely N-dealkylation sites (N-methyl/N-ethyl adjacent to an activating group) is 1. The van der Waals surface area contributed by atoms with E-state index in [1.165, 1.54) is 96.3 Å². The number of carbonyl (C=O) groups is 1. The lowest BCUT2D eigenvalue weighted by atomic mass is 10.0. The number of hydrogen-bond acceptors (Lipinski definition) is 4. The van der Waals surface area contributed by atoms with Crippen LogP contribution in [0.15, 0.2) is 30.3 Å². The van der Waals surface area contributed by atoms with Crippen LogP contribution in [0.3, 0.4) is 0 Å². The van der Waals surface area contributed by atoms with Crippen LogP contribution in [0.2, 0.25) is 0 Å². The van der Waals surface area contributed by atoms with E-state index in [1.807, 2.05) is 30.3 Å². The molecule has 0 bridgehead atoms. The standard InChI is InChI=1S/C34H62N2O4/c1-5-6-7-8-9-10-11-12-13-14-15-16-17-18-19-23-28-38-30-33(39-29-32-24-21-20-22-25-32)31-40-34(37)35-26-27-36(2,3)4/h20-22,24-25,33H,5-19,23,26-31H2,1-4H3/p+1. The van der Waals surface area contributed by atoms with Crippen LogP contribution in [0, 0.1) is 0 Å². The third kappa shape index (κ3) is 24.2. The van der Waals surface area contributed by atoms with Crippen molar-refractivity contribution >= 4 is 6.09 Å². The Morgan fingerprint density at radius 2 is 1.27 bits per heavy atom. The number of nitrogens with zero attached hydrogens (tertiary/aromatic N) is 1. The summed E-state index contributed by atoms with van der Waals surface area (Å²) in [7, 11) is 6.28. The summed E-state index contributed by atoms with van der Waals surface area (Å²) in [4.78, 5) is 12.1. The third-order valence-electron chi connectivity index (χ3n) is 7.23. The van der Waals surface area contributed by atoms with Gasteiger partial charge in [0.2, 0.25) is 0 Å². The second-order valence-corrected chi connectivity index (χ2v) is 12.3. The Kier molecular flexibility index (Phi) is 22.8. The minimum atomic E-state index is -0.403. The van der Waals surface area contributed by atoms with E-state index < -0.39 is 6.09 Å². The smallest absolute Gasteiger partial charge is 0.407 e. The topological polar surface area (TPSA) is 56.8 Å². The van der Waals surface area contributed by atoms with Crippen molar-refractivity contribution in [3.05, 3.63) is 35.9 Å². The van der Waals surface area contributed by atoms with Crippen LogP contribution in [0.4, 0.5) is 4.79 Å². The van der Waals surface area contributed by atoms with Crippen LogP contribution < -0.4 is 5.32 Å². The Hall–Kier alpha value is -1.63. The van der Waals surface area contributed by atoms with E-state index in [-0.39, 0.29) is 12.7 Å². The van der Waals surface area contributed by atoms with Gasteiger partial charge in [-0.1, -0.05) is 134 Å². The number of rotatable bonds is 27. The molecule has 1 N–H and O–H groups in total. The van der Waals surface area contributed by atoms with Crippen LogP contribution in [-0.2, 0) is 20.8 Å². The zero-order valence-electron chi connectivity index (χ0n) is 26.6. The van der Waals surface area contributed by atoms with Gasteiger partial charge in [-0.05, 0) is 12.0 Å². The average molecular weight is 564 g/mol. The number of nitrogens with one attached hydrogen (secondary N) is 1. The van der Waals surface area contributed by atoms with E-state index in [0.29, 0.717) is 19.8 Å². The largest absolute Gasteiger partial charge is 0.447 e. The molecule has 0 aromatic heterocycles. The molecule has 0 aliphatic heterocycles. The van der Waals surface area contributed by atoms with Crippen molar-refractivity contribution in [2.24, 2.45) is 0 Å². The molecule has 0 fully saturated rings. The molecule has 1 amide bonds. The van der Waals surface area contributed by atoms with E-state index in [0.717, 1.165) is 29.6 Å². The summed E-state index contributed by atoms with van der Waals surface area (Å²) in [5, 5.41) is 2.82. The number of unbranched alkanes of at least 4 members (excludes halogenated alkanes) is 15. The van der Waals surface area contributed by atoms with Crippen LogP contribution in [0.1, 0.15) is 115 Å². The van der Waals surface area contributed by atoms with Crippen molar-refractivity contribution < 1.29 is 23.5 Å². The van der Waals surface area contributed by atoms with Crippen molar-refractivity contribution in [2.75, 3.05) is 54.1 Å². The van der Waals surface area contributed by atoms with Crippen molar-refractivity contribution in [3.8, 4) is 0 Å². The summed E-state index contributed by atoms with van der Waals surface area (Å²) >= 11 is 0. The van der Waals surface area contributed by atoms with Gasteiger partial charge in [-0.2, -0.15) is 0 Å². The first-order valence-corrected chi connectivity index (χ1v) is 16.3. The fourth-order valence-corrected chi connectivity index (χ4v) is 4.61. The van der Waals surface area contributed by atoms with Gasteiger partial charge >= 0.3 is 6.09 Å². The number of amides is 1. The van der Waals surface area contributed by atoms with Gasteiger partial charge in [0.15, 0.2) is 0 Å². The lowest BCUT2D eigenvalue weighted by Gasteiger charge is -2.24. The van der Waals surface area contributed by atoms with Gasteiger partial charge in [0.1, 0.15) is 12.7 Å². The van der Waals surface area contributed by atoms with Gasteiger partial charge in [-0.15, -0.1) is 0 Å². The summed E-state index contributed by atoms with van der Waals surface area (Å²) in [6.45, 7) is 5.51. The van der Waals surface area contributed by atoms with Gasteiger partial charge in [-0.25, -0.2) is 4.79 Å². The predicted octanol–water partition coefficient (Wildman–Crippen LogP) is 8.28. The molecule has 0 aliphatic rings. The lowest BCUT2D eigenvalue weighted by Crippen LogP contribution is -2.42. The summed E-state index contributed by atoms with van der Waals surface area (Å²) in [6.07, 6.45) is 21.1. The number of quaternary nitrogens is 1. The second kappa shape index (κ2) is 25.1. The molecule has 0 radical (unpaired) electrons. The first-order valence-electron chi connectivity index (χ1n) is 16.3. The molecule has 1 unspecified atom stereocenters. The highest BCUT2D eigenvalue weighted by molar-refractivity contribution is 5.67. The Bertz CT molecular complexity index is 693. The van der Waals surface area contributed by atoms with E-state index in [9.17, 15) is 4.79 Å². The lowest BCUT2D eigenvalue weighted by molar-refractivity contribution is -0.869. The molecule has 1 aromatic rings. The molecule has 1 aromatic carbocycles. The predicted molar refractivity (Wildman–Crippen MR) is 168 cm³/mol. The molecule has 0 saturated carbocycles. The molecule has 1 rings (SSSR count). The molecule has 0 heterocycles. The van der Waals surface area contributed by atoms with Crippen molar-refractivity contribution in [1.82, 2.24) is 5.32 Å². The van der Waals surface area contributed by atoms with Gasteiger partial charge < -0.3 is 24.0 Å². The SMILES string of the molecule is CCCCCCCCCCCCCCCCCCOCC(COC(=O)NCC[N+](C)(C)C)OCc1ccccc1. The average Bonchev–Trinajstić information content (AvgIpc) is 2.93. The number of benzene rings is 1. The fourth-order valence-electron chi connectivity index (χ4n) is 4.61. The number of hydrogen-bond donors (Lipinski definition) is 1. The highest BCUT2D eigenvalue weighted by Gasteiger charge is 2.14. The van der Waals surface area contributed by atoms with Crippen molar-refractivity contribution in [1.29, 1.82) is 0 Å². The maximum Gasteiger partial charge on any atom is 0.407 e. The van der Waals surface area contributed by atoms with Crippen LogP contribution in [-0.4, -0.2) is 70.7 Å². The molecule has 6 heteroatoms. The minimum absolute atomic E-state index is 0.183. The summed E-state index contributed by atoms with van der Waals surface area (Å²) < 4.78 is 18.2. The molecule has 1 atom stereocenters. The molecule has 0 aliphatic carbocycles. The zero-order valence-corrected chi connectivity index (χ0v) is 26.6. The van der Waals surface area contributed by atoms with Crippen molar-refractivity contribution in [2.45, 2.75) is 122 Å². The summed E-state index contributed by atoms with van der Waals surface area (Å²) in [5.41, 5.74) is 1.10. The highest BCUT2D eigenvalue weighted by atomic mass is 16.6. The number of ether oxygens (including phenoxy) is 3. The van der Waals surface area contributed by atoms with E-state index in [2.05, 4.69) is 33.4 Å². The van der Waals surface area contributed by atoms with Crippen LogP contribution in [0.5, 0.6) is 0 Å². The molecular formula is C34H63N2O4+. The third-order valence-corrected chi connectivity index (χ3v) is 7.23. The Morgan fingerprint density at radius 3 is 1.80 bits per heavy atom. The van der Waals surface area contributed by atoms with Gasteiger partial charge in [0.05, 0.1) is 47.4 Å².